The zero-order chi connectivity index (χ0) is 19.9. The van der Waals surface area contributed by atoms with Crippen molar-refractivity contribution in [3.63, 3.8) is 0 Å². The number of anilines is 1. The van der Waals surface area contributed by atoms with Gasteiger partial charge >= 0.3 is 0 Å². The van der Waals surface area contributed by atoms with Crippen molar-refractivity contribution in [3.8, 4) is 0 Å². The summed E-state index contributed by atoms with van der Waals surface area (Å²) in [7, 11) is -3.02. The number of aryl methyl sites for hydroxylation is 1. The van der Waals surface area contributed by atoms with Crippen LogP contribution in [0.4, 0.5) is 5.13 Å². The van der Waals surface area contributed by atoms with Crippen LogP contribution in [0.1, 0.15) is 77.2 Å². The zero-order valence-corrected chi connectivity index (χ0v) is 17.8. The summed E-state index contributed by atoms with van der Waals surface area (Å²) in [5, 5.41) is 17.2. The van der Waals surface area contributed by atoms with Gasteiger partial charge in [0.25, 0.3) is 5.91 Å². The van der Waals surface area contributed by atoms with Gasteiger partial charge in [-0.2, -0.15) is 5.10 Å². The Labute approximate surface area is 168 Å². The molecule has 1 N–H and O–H groups in total. The molecule has 0 bridgehead atoms. The van der Waals surface area contributed by atoms with Crippen LogP contribution >= 0.6 is 11.3 Å². The van der Waals surface area contributed by atoms with Crippen LogP contribution in [-0.2, 0) is 9.84 Å². The Morgan fingerprint density at radius 1 is 1.14 bits per heavy atom. The van der Waals surface area contributed by atoms with Crippen LogP contribution in [0, 0.1) is 13.8 Å². The van der Waals surface area contributed by atoms with Gasteiger partial charge in [-0.3, -0.25) is 14.8 Å². The minimum atomic E-state index is -3.02. The fourth-order valence-electron chi connectivity index (χ4n) is 4.27. The lowest BCUT2D eigenvalue weighted by atomic mass is 9.90. The summed E-state index contributed by atoms with van der Waals surface area (Å²) in [6.07, 6.45) is 6.53. The van der Waals surface area contributed by atoms with Gasteiger partial charge in [-0.05, 0) is 33.1 Å². The summed E-state index contributed by atoms with van der Waals surface area (Å²) in [5.41, 5.74) is 1.77. The molecule has 8 nitrogen and oxygen atoms in total. The number of sulfone groups is 1. The first kappa shape index (κ1) is 19.5. The molecule has 2 fully saturated rings. The summed E-state index contributed by atoms with van der Waals surface area (Å²) in [4.78, 5) is 12.9. The van der Waals surface area contributed by atoms with E-state index in [1.807, 2.05) is 6.92 Å². The molecule has 2 aliphatic rings. The Morgan fingerprint density at radius 2 is 1.89 bits per heavy atom. The van der Waals surface area contributed by atoms with Crippen molar-refractivity contribution in [2.45, 2.75) is 64.3 Å². The number of carbonyl (C=O) groups is 1. The maximum absolute atomic E-state index is 12.9. The van der Waals surface area contributed by atoms with Gasteiger partial charge in [0.1, 0.15) is 5.01 Å². The smallest absolute Gasteiger partial charge is 0.261 e. The Hall–Kier alpha value is -1.81. The lowest BCUT2D eigenvalue weighted by molar-refractivity contribution is 0.102. The molecule has 4 rings (SSSR count). The summed E-state index contributed by atoms with van der Waals surface area (Å²) < 4.78 is 25.3. The van der Waals surface area contributed by atoms with Crippen molar-refractivity contribution in [3.05, 3.63) is 22.0 Å². The SMILES string of the molecule is Cc1nn([C@@H]2CCS(=O)(=O)C2)c(C)c1C(=O)Nc1nnc(C2CCCCC2)s1. The van der Waals surface area contributed by atoms with Crippen LogP contribution in [0.3, 0.4) is 0 Å². The quantitative estimate of drug-likeness (QED) is 0.810. The van der Waals surface area contributed by atoms with Gasteiger partial charge in [-0.25, -0.2) is 8.42 Å². The second kappa shape index (κ2) is 7.55. The Kier molecular flexibility index (Phi) is 5.26. The van der Waals surface area contributed by atoms with E-state index >= 15 is 0 Å². The first-order valence-electron chi connectivity index (χ1n) is 9.75. The first-order chi connectivity index (χ1) is 13.3. The number of hydrogen-bond acceptors (Lipinski definition) is 7. The van der Waals surface area contributed by atoms with E-state index < -0.39 is 9.84 Å². The molecule has 152 valence electrons. The number of aromatic nitrogens is 4. The fraction of sp³-hybridized carbons (Fsp3) is 0.667. The maximum Gasteiger partial charge on any atom is 0.261 e. The van der Waals surface area contributed by atoms with Crippen LogP contribution in [0.2, 0.25) is 0 Å². The van der Waals surface area contributed by atoms with Gasteiger partial charge in [0.05, 0.1) is 28.8 Å². The number of nitrogens with one attached hydrogen (secondary N) is 1. The lowest BCUT2D eigenvalue weighted by Crippen LogP contribution is -2.16. The molecule has 28 heavy (non-hydrogen) atoms. The van der Waals surface area contributed by atoms with Gasteiger partial charge < -0.3 is 0 Å². The number of amides is 1. The summed E-state index contributed by atoms with van der Waals surface area (Å²) in [6.45, 7) is 3.59. The van der Waals surface area contributed by atoms with Gasteiger partial charge in [0, 0.05) is 11.6 Å². The molecular weight excluding hydrogens is 398 g/mol. The molecule has 2 aromatic heterocycles. The molecule has 2 aromatic rings. The highest BCUT2D eigenvalue weighted by Gasteiger charge is 2.32. The molecule has 0 spiro atoms. The Morgan fingerprint density at radius 3 is 2.57 bits per heavy atom. The van der Waals surface area contributed by atoms with Crippen molar-refractivity contribution in [1.29, 1.82) is 0 Å². The van der Waals surface area contributed by atoms with E-state index in [0.717, 1.165) is 17.8 Å². The molecule has 0 radical (unpaired) electrons. The average Bonchev–Trinajstić information content (AvgIpc) is 3.33. The van der Waals surface area contributed by atoms with Gasteiger partial charge in [0.2, 0.25) is 5.13 Å². The Bertz CT molecular complexity index is 989. The highest BCUT2D eigenvalue weighted by Crippen LogP contribution is 2.35. The maximum atomic E-state index is 12.9. The predicted molar refractivity (Wildman–Crippen MR) is 108 cm³/mol. The largest absolute Gasteiger partial charge is 0.296 e. The number of hydrogen-bond donors (Lipinski definition) is 1. The van der Waals surface area contributed by atoms with Gasteiger partial charge in [0.15, 0.2) is 9.84 Å². The minimum absolute atomic E-state index is 0.0805. The average molecular weight is 424 g/mol. The second-order valence-electron chi connectivity index (χ2n) is 7.78. The molecule has 1 saturated heterocycles. The number of rotatable bonds is 4. The normalized spacial score (nSPS) is 22.4. The van der Waals surface area contributed by atoms with E-state index in [1.54, 1.807) is 11.6 Å². The summed E-state index contributed by atoms with van der Waals surface area (Å²) in [6, 6.07) is -0.204. The summed E-state index contributed by atoms with van der Waals surface area (Å²) in [5.74, 6) is 0.435. The van der Waals surface area contributed by atoms with Crippen LogP contribution in [0.5, 0.6) is 0 Å². The Balaban J connectivity index is 1.50. The van der Waals surface area contributed by atoms with Crippen molar-refractivity contribution < 1.29 is 13.2 Å². The van der Waals surface area contributed by atoms with Crippen molar-refractivity contribution in [2.75, 3.05) is 16.8 Å². The molecule has 0 unspecified atom stereocenters. The third kappa shape index (κ3) is 3.84. The topological polar surface area (TPSA) is 107 Å². The van der Waals surface area contributed by atoms with Crippen LogP contribution in [-0.4, -0.2) is 45.8 Å². The molecule has 1 saturated carbocycles. The van der Waals surface area contributed by atoms with Crippen molar-refractivity contribution in [2.24, 2.45) is 0 Å². The second-order valence-corrected chi connectivity index (χ2v) is 11.0. The minimum Gasteiger partial charge on any atom is -0.296 e. The third-order valence-electron chi connectivity index (χ3n) is 5.72. The van der Waals surface area contributed by atoms with Crippen LogP contribution < -0.4 is 5.32 Å². The molecule has 10 heteroatoms. The number of nitrogens with zero attached hydrogens (tertiary/aromatic N) is 4. The highest BCUT2D eigenvalue weighted by molar-refractivity contribution is 7.91. The van der Waals surface area contributed by atoms with Gasteiger partial charge in [-0.1, -0.05) is 30.6 Å². The van der Waals surface area contributed by atoms with Gasteiger partial charge in [-0.15, -0.1) is 10.2 Å². The molecule has 3 heterocycles. The van der Waals surface area contributed by atoms with E-state index in [2.05, 4.69) is 20.6 Å². The van der Waals surface area contributed by atoms with E-state index in [4.69, 9.17) is 0 Å². The lowest BCUT2D eigenvalue weighted by Gasteiger charge is -2.18. The standard InChI is InChI=1S/C18H25N5O3S2/c1-11-15(12(2)23(22-11)14-8-9-28(25,26)10-14)16(24)19-18-21-20-17(27-18)13-6-4-3-5-7-13/h13-14H,3-10H2,1-2H3,(H,19,21,24)/t14-/m1/s1. The summed E-state index contributed by atoms with van der Waals surface area (Å²) >= 11 is 1.45. The molecule has 1 aliphatic heterocycles. The monoisotopic (exact) mass is 423 g/mol. The van der Waals surface area contributed by atoms with Crippen LogP contribution in [0.25, 0.3) is 0 Å². The first-order valence-corrected chi connectivity index (χ1v) is 12.4. The van der Waals surface area contributed by atoms with Crippen molar-refractivity contribution in [1.82, 2.24) is 20.0 Å². The van der Waals surface area contributed by atoms with E-state index in [1.165, 1.54) is 30.6 Å². The fourth-order valence-corrected chi connectivity index (χ4v) is 6.87. The highest BCUT2D eigenvalue weighted by atomic mass is 32.2. The predicted octanol–water partition coefficient (Wildman–Crippen LogP) is 3.01. The zero-order valence-electron chi connectivity index (χ0n) is 16.1. The van der Waals surface area contributed by atoms with Crippen LogP contribution in [0.15, 0.2) is 0 Å². The number of carbonyl (C=O) groups excluding carboxylic acids is 1. The molecular formula is C18H25N5O3S2. The molecule has 1 aliphatic carbocycles. The van der Waals surface area contributed by atoms with E-state index in [0.29, 0.717) is 34.4 Å². The molecule has 1 atom stereocenters. The molecule has 0 aromatic carbocycles. The van der Waals surface area contributed by atoms with E-state index in [9.17, 15) is 13.2 Å². The van der Waals surface area contributed by atoms with E-state index in [-0.39, 0.29) is 23.5 Å². The van der Waals surface area contributed by atoms with Crippen molar-refractivity contribution >= 4 is 32.2 Å². The third-order valence-corrected chi connectivity index (χ3v) is 8.47. The molecule has 1 amide bonds.